The fourth-order valence-corrected chi connectivity index (χ4v) is 1.36. The highest BCUT2D eigenvalue weighted by atomic mass is 19.1. The van der Waals surface area contributed by atoms with Crippen LogP contribution in [0.2, 0.25) is 0 Å². The van der Waals surface area contributed by atoms with E-state index in [0.717, 1.165) is 0 Å². The molecule has 2 atom stereocenters. The van der Waals surface area contributed by atoms with E-state index >= 15 is 0 Å². The molecule has 1 aromatic carbocycles. The molecule has 0 aromatic heterocycles. The van der Waals surface area contributed by atoms with Gasteiger partial charge in [-0.1, -0.05) is 0 Å². The van der Waals surface area contributed by atoms with Gasteiger partial charge in [0, 0.05) is 5.56 Å². The summed E-state index contributed by atoms with van der Waals surface area (Å²) in [6.45, 7) is 3.01. The van der Waals surface area contributed by atoms with Gasteiger partial charge in [0.05, 0.1) is 13.2 Å². The highest BCUT2D eigenvalue weighted by Gasteiger charge is 2.18. The minimum Gasteiger partial charge on any atom is -0.479 e. The first-order valence-electron chi connectivity index (χ1n) is 5.17. The number of carbonyl (C=O) groups excluding carboxylic acids is 1. The predicted molar refractivity (Wildman–Crippen MR) is 59.1 cm³/mol. The molecule has 4 nitrogen and oxygen atoms in total. The Morgan fingerprint density at radius 1 is 1.41 bits per heavy atom. The van der Waals surface area contributed by atoms with Crippen molar-refractivity contribution in [3.63, 3.8) is 0 Å². The van der Waals surface area contributed by atoms with Crippen molar-refractivity contribution in [3.05, 3.63) is 29.6 Å². The second kappa shape index (κ2) is 5.63. The van der Waals surface area contributed by atoms with Crippen LogP contribution in [0.1, 0.15) is 25.5 Å². The van der Waals surface area contributed by atoms with Crippen molar-refractivity contribution in [2.24, 2.45) is 0 Å². The van der Waals surface area contributed by atoms with E-state index in [4.69, 9.17) is 4.74 Å². The van der Waals surface area contributed by atoms with Gasteiger partial charge < -0.3 is 14.6 Å². The van der Waals surface area contributed by atoms with Crippen LogP contribution in [-0.4, -0.2) is 24.3 Å². The molecule has 0 spiro atoms. The number of ether oxygens (including phenoxy) is 2. The largest absolute Gasteiger partial charge is 0.479 e. The van der Waals surface area contributed by atoms with E-state index in [1.807, 2.05) is 0 Å². The Balaban J connectivity index is 2.94. The van der Waals surface area contributed by atoms with Gasteiger partial charge in [0.25, 0.3) is 0 Å². The van der Waals surface area contributed by atoms with E-state index in [9.17, 15) is 14.3 Å². The number of rotatable bonds is 4. The van der Waals surface area contributed by atoms with E-state index in [-0.39, 0.29) is 5.75 Å². The van der Waals surface area contributed by atoms with E-state index in [1.165, 1.54) is 39.2 Å². The molecule has 0 aliphatic rings. The molecule has 1 unspecified atom stereocenters. The Kier molecular flexibility index (Phi) is 4.45. The predicted octanol–water partition coefficient (Wildman–Crippen LogP) is 1.82. The molecule has 0 saturated carbocycles. The van der Waals surface area contributed by atoms with E-state index in [2.05, 4.69) is 4.74 Å². The summed E-state index contributed by atoms with van der Waals surface area (Å²) in [4.78, 5) is 11.2. The van der Waals surface area contributed by atoms with Crippen molar-refractivity contribution in [1.82, 2.24) is 0 Å². The fraction of sp³-hybridized carbons (Fsp3) is 0.417. The summed E-state index contributed by atoms with van der Waals surface area (Å²) in [5.74, 6) is -0.746. The third kappa shape index (κ3) is 3.42. The molecule has 94 valence electrons. The quantitative estimate of drug-likeness (QED) is 0.818. The first kappa shape index (κ1) is 13.4. The normalized spacial score (nSPS) is 13.9. The van der Waals surface area contributed by atoms with Crippen molar-refractivity contribution in [3.8, 4) is 5.75 Å². The summed E-state index contributed by atoms with van der Waals surface area (Å²) in [6.07, 6.45) is -1.70. The number of halogens is 1. The first-order valence-corrected chi connectivity index (χ1v) is 5.17. The molecule has 1 aromatic rings. The minimum atomic E-state index is -0.884. The van der Waals surface area contributed by atoms with Gasteiger partial charge in [-0.3, -0.25) is 0 Å². The molecule has 0 bridgehead atoms. The van der Waals surface area contributed by atoms with Crippen LogP contribution in [0.3, 0.4) is 0 Å². The van der Waals surface area contributed by atoms with Crippen molar-refractivity contribution in [2.45, 2.75) is 26.1 Å². The maximum atomic E-state index is 13.0. The summed E-state index contributed by atoms with van der Waals surface area (Å²) in [6, 6.07) is 3.74. The van der Waals surface area contributed by atoms with Gasteiger partial charge in [0.1, 0.15) is 11.6 Å². The lowest BCUT2D eigenvalue weighted by Gasteiger charge is -2.17. The Morgan fingerprint density at radius 3 is 2.59 bits per heavy atom. The summed E-state index contributed by atoms with van der Waals surface area (Å²) >= 11 is 0. The lowest BCUT2D eigenvalue weighted by molar-refractivity contribution is -0.147. The summed E-state index contributed by atoms with van der Waals surface area (Å²) in [7, 11) is 1.25. The average Bonchev–Trinajstić information content (AvgIpc) is 2.29. The van der Waals surface area contributed by atoms with Crippen LogP contribution in [0.15, 0.2) is 18.2 Å². The number of hydrogen-bond donors (Lipinski definition) is 1. The van der Waals surface area contributed by atoms with Gasteiger partial charge in [-0.2, -0.15) is 0 Å². The molecule has 0 aliphatic heterocycles. The second-order valence-corrected chi connectivity index (χ2v) is 3.64. The molecule has 17 heavy (non-hydrogen) atoms. The van der Waals surface area contributed by atoms with Crippen molar-refractivity contribution in [2.75, 3.05) is 7.11 Å². The molecule has 0 aliphatic carbocycles. The average molecular weight is 242 g/mol. The number of aliphatic hydroxyl groups is 1. The molecule has 0 heterocycles. The van der Waals surface area contributed by atoms with Crippen molar-refractivity contribution < 1.29 is 23.8 Å². The third-order valence-electron chi connectivity index (χ3n) is 2.26. The molecular weight excluding hydrogens is 227 g/mol. The van der Waals surface area contributed by atoms with Gasteiger partial charge >= 0.3 is 5.97 Å². The van der Waals surface area contributed by atoms with Crippen LogP contribution in [-0.2, 0) is 9.53 Å². The third-order valence-corrected chi connectivity index (χ3v) is 2.26. The molecule has 1 N–H and O–H groups in total. The topological polar surface area (TPSA) is 55.8 Å². The van der Waals surface area contributed by atoms with Crippen molar-refractivity contribution in [1.29, 1.82) is 0 Å². The van der Waals surface area contributed by atoms with Crippen LogP contribution >= 0.6 is 0 Å². The lowest BCUT2D eigenvalue weighted by Crippen LogP contribution is -2.25. The Bertz CT molecular complexity index is 403. The molecular formula is C12H15FO4. The second-order valence-electron chi connectivity index (χ2n) is 3.64. The number of methoxy groups -OCH3 is 1. The maximum Gasteiger partial charge on any atom is 0.346 e. The minimum absolute atomic E-state index is 0.263. The maximum absolute atomic E-state index is 13.0. The number of hydrogen-bond acceptors (Lipinski definition) is 4. The van der Waals surface area contributed by atoms with Crippen LogP contribution in [0.5, 0.6) is 5.75 Å². The molecule has 0 fully saturated rings. The summed E-state index contributed by atoms with van der Waals surface area (Å²) in [5.41, 5.74) is 0.292. The van der Waals surface area contributed by atoms with Gasteiger partial charge in [0.2, 0.25) is 0 Å². The summed E-state index contributed by atoms with van der Waals surface area (Å²) < 4.78 is 22.8. The zero-order chi connectivity index (χ0) is 13.0. The number of carbonyl (C=O) groups is 1. The molecule has 0 saturated heterocycles. The Hall–Kier alpha value is -1.62. The van der Waals surface area contributed by atoms with E-state index in [1.54, 1.807) is 0 Å². The highest BCUT2D eigenvalue weighted by Crippen LogP contribution is 2.26. The van der Waals surface area contributed by atoms with Crippen LogP contribution < -0.4 is 4.74 Å². The molecule has 0 amide bonds. The number of benzene rings is 1. The smallest absolute Gasteiger partial charge is 0.346 e. The fourth-order valence-electron chi connectivity index (χ4n) is 1.36. The van der Waals surface area contributed by atoms with Gasteiger partial charge in [0.15, 0.2) is 6.10 Å². The van der Waals surface area contributed by atoms with Gasteiger partial charge in [-0.15, -0.1) is 0 Å². The lowest BCUT2D eigenvalue weighted by atomic mass is 10.1. The highest BCUT2D eigenvalue weighted by molar-refractivity contribution is 5.74. The molecule has 0 radical (unpaired) electrons. The number of esters is 1. The standard InChI is InChI=1S/C12H15FO4/c1-7(14)10-6-9(13)4-5-11(10)17-8(2)12(15)16-3/h4-8,14H,1-3H3/t7-,8?/m1/s1. The van der Waals surface area contributed by atoms with Crippen molar-refractivity contribution >= 4 is 5.97 Å². The van der Waals surface area contributed by atoms with E-state index < -0.39 is 24.0 Å². The van der Waals surface area contributed by atoms with Crippen LogP contribution in [0.25, 0.3) is 0 Å². The molecule has 1 rings (SSSR count). The van der Waals surface area contributed by atoms with Crippen LogP contribution in [0.4, 0.5) is 4.39 Å². The Morgan fingerprint density at radius 2 is 2.06 bits per heavy atom. The van der Waals surface area contributed by atoms with Gasteiger partial charge in [-0.25, -0.2) is 9.18 Å². The number of aliphatic hydroxyl groups excluding tert-OH is 1. The van der Waals surface area contributed by atoms with Gasteiger partial charge in [-0.05, 0) is 32.0 Å². The summed E-state index contributed by atoms with van der Waals surface area (Å²) in [5, 5.41) is 9.47. The van der Waals surface area contributed by atoms with Crippen LogP contribution in [0, 0.1) is 5.82 Å². The zero-order valence-electron chi connectivity index (χ0n) is 9.94. The Labute approximate surface area is 99.0 Å². The van der Waals surface area contributed by atoms with E-state index in [0.29, 0.717) is 5.56 Å². The zero-order valence-corrected chi connectivity index (χ0v) is 9.94. The molecule has 5 heteroatoms. The monoisotopic (exact) mass is 242 g/mol. The first-order chi connectivity index (χ1) is 7.95. The SMILES string of the molecule is COC(=O)C(C)Oc1ccc(F)cc1[C@@H](C)O.